The fourth-order valence-electron chi connectivity index (χ4n) is 6.00. The van der Waals surface area contributed by atoms with Crippen molar-refractivity contribution in [2.75, 3.05) is 18.0 Å². The third-order valence-electron chi connectivity index (χ3n) is 8.05. The Morgan fingerprint density at radius 2 is 1.42 bits per heavy atom. The number of hydrogen-bond acceptors (Lipinski definition) is 3. The van der Waals surface area contributed by atoms with Gasteiger partial charge in [0.1, 0.15) is 11.4 Å². The molecule has 4 aromatic carbocycles. The van der Waals surface area contributed by atoms with E-state index in [0.29, 0.717) is 5.56 Å². The molecule has 45 heavy (non-hydrogen) atoms. The van der Waals surface area contributed by atoms with Gasteiger partial charge >= 0.3 is 0 Å². The Balaban J connectivity index is 1.72. The number of nitrogens with zero attached hydrogens (tertiary/aromatic N) is 2. The molecule has 0 aromatic heterocycles. The van der Waals surface area contributed by atoms with Crippen LogP contribution >= 0.6 is 0 Å². The van der Waals surface area contributed by atoms with Gasteiger partial charge in [0, 0.05) is 54.2 Å². The van der Waals surface area contributed by atoms with Crippen molar-refractivity contribution in [2.24, 2.45) is 0 Å². The van der Waals surface area contributed by atoms with Crippen LogP contribution in [0.15, 0.2) is 137 Å². The van der Waals surface area contributed by atoms with Crippen LogP contribution in [0.4, 0.5) is 17.1 Å². The highest BCUT2D eigenvalue weighted by Gasteiger charge is 2.25. The zero-order chi connectivity index (χ0) is 32.0. The summed E-state index contributed by atoms with van der Waals surface area (Å²) in [4.78, 5) is 2.19. The summed E-state index contributed by atoms with van der Waals surface area (Å²) >= 11 is 0. The molecule has 5 rings (SSSR count). The third-order valence-corrected chi connectivity index (χ3v) is 8.96. The first kappa shape index (κ1) is 31.9. The van der Waals surface area contributed by atoms with Crippen molar-refractivity contribution in [3.05, 3.63) is 149 Å². The lowest BCUT2D eigenvalue weighted by Crippen LogP contribution is -2.18. The van der Waals surface area contributed by atoms with Crippen molar-refractivity contribution in [1.29, 1.82) is 0 Å². The molecule has 0 bridgehead atoms. The highest BCUT2D eigenvalue weighted by molar-refractivity contribution is 7.86. The van der Waals surface area contributed by atoms with E-state index < -0.39 is 10.1 Å². The maximum Gasteiger partial charge on any atom is 0.295 e. The highest BCUT2D eigenvalue weighted by Crippen LogP contribution is 2.39. The van der Waals surface area contributed by atoms with E-state index in [1.165, 1.54) is 6.07 Å². The minimum absolute atomic E-state index is 0.110. The van der Waals surface area contributed by atoms with Gasteiger partial charge in [-0.1, -0.05) is 74.5 Å². The molecule has 1 aliphatic rings. The average molecular weight is 618 g/mol. The molecular weight excluding hydrogens is 577 g/mol. The molecule has 0 spiro atoms. The molecule has 230 valence electrons. The van der Waals surface area contributed by atoms with Crippen LogP contribution in [-0.4, -0.2) is 36.3 Å². The van der Waals surface area contributed by atoms with Crippen LogP contribution < -0.4 is 4.90 Å². The molecule has 1 N–H and O–H groups in total. The summed E-state index contributed by atoms with van der Waals surface area (Å²) in [7, 11) is -4.49. The van der Waals surface area contributed by atoms with Crippen LogP contribution in [0, 0.1) is 6.92 Å². The first-order chi connectivity index (χ1) is 21.7. The lowest BCUT2D eigenvalue weighted by molar-refractivity contribution is -0.439. The largest absolute Gasteiger partial charge is 0.341 e. The van der Waals surface area contributed by atoms with E-state index in [9.17, 15) is 13.0 Å². The minimum atomic E-state index is -4.49. The maximum absolute atomic E-state index is 12.7. The second-order valence-corrected chi connectivity index (χ2v) is 12.7. The number of rotatable bonds is 10. The van der Waals surface area contributed by atoms with Gasteiger partial charge in [-0.15, -0.1) is 0 Å². The second kappa shape index (κ2) is 14.1. The molecule has 0 unspecified atom stereocenters. The van der Waals surface area contributed by atoms with Gasteiger partial charge < -0.3 is 4.90 Å². The molecule has 4 aromatic rings. The molecule has 0 fully saturated rings. The number of para-hydroxylation sites is 2. The van der Waals surface area contributed by atoms with Crippen LogP contribution in [0.3, 0.4) is 0 Å². The van der Waals surface area contributed by atoms with Gasteiger partial charge in [-0.3, -0.25) is 4.55 Å². The minimum Gasteiger partial charge on any atom is -0.341 e. The molecule has 0 heterocycles. The quantitative estimate of drug-likeness (QED) is 0.142. The Labute approximate surface area is 267 Å². The first-order valence-corrected chi connectivity index (χ1v) is 17.0. The summed E-state index contributed by atoms with van der Waals surface area (Å²) < 4.78 is 37.9. The molecule has 0 saturated heterocycles. The van der Waals surface area contributed by atoms with Crippen molar-refractivity contribution in [3.8, 4) is 0 Å². The molecule has 0 radical (unpaired) electrons. The summed E-state index contributed by atoms with van der Waals surface area (Å²) in [5.74, 6) is 0. The fraction of sp³-hybridized carbons (Fsp3) is 0.205. The van der Waals surface area contributed by atoms with Crippen molar-refractivity contribution in [1.82, 2.24) is 0 Å². The van der Waals surface area contributed by atoms with E-state index in [2.05, 4.69) is 97.9 Å². The Hall–Kier alpha value is -4.52. The Morgan fingerprint density at radius 1 is 0.756 bits per heavy atom. The maximum atomic E-state index is 12.7. The molecule has 0 aliphatic heterocycles. The van der Waals surface area contributed by atoms with E-state index in [1.807, 2.05) is 42.5 Å². The first-order valence-electron chi connectivity index (χ1n) is 15.5. The van der Waals surface area contributed by atoms with Crippen molar-refractivity contribution >= 4 is 38.5 Å². The summed E-state index contributed by atoms with van der Waals surface area (Å²) in [5, 5.41) is 0. The molecule has 0 atom stereocenters. The lowest BCUT2D eigenvalue weighted by atomic mass is 9.85. The van der Waals surface area contributed by atoms with Gasteiger partial charge in [0.2, 0.25) is 11.4 Å². The topological polar surface area (TPSA) is 60.6 Å². The summed E-state index contributed by atoms with van der Waals surface area (Å²) in [6.45, 7) is 10.2. The smallest absolute Gasteiger partial charge is 0.295 e. The molecule has 0 saturated carbocycles. The number of hydrogen-bond donors (Lipinski definition) is 1. The number of aryl methyl sites for hydroxylation is 1. The van der Waals surface area contributed by atoms with E-state index in [4.69, 9.17) is 0 Å². The third kappa shape index (κ3) is 7.08. The molecule has 5 nitrogen and oxygen atoms in total. The number of benzene rings is 4. The van der Waals surface area contributed by atoms with Crippen LogP contribution in [0.5, 0.6) is 0 Å². The second-order valence-electron chi connectivity index (χ2n) is 11.3. The van der Waals surface area contributed by atoms with Crippen molar-refractivity contribution < 1.29 is 17.5 Å². The monoisotopic (exact) mass is 617 g/mol. The SMILES string of the molecule is CCCN(c1ccccc1)c1ccc(C(=C2C=CC(=[N+](CCC)c3ccccc3)C=C2C)c2ccccc2S(=O)(=O)O)c(C)c1. The zero-order valence-corrected chi connectivity index (χ0v) is 27.3. The van der Waals surface area contributed by atoms with Crippen molar-refractivity contribution in [3.63, 3.8) is 0 Å². The Kier molecular flexibility index (Phi) is 9.96. The van der Waals surface area contributed by atoms with E-state index >= 15 is 0 Å². The van der Waals surface area contributed by atoms with E-state index in [1.54, 1.807) is 12.1 Å². The van der Waals surface area contributed by atoms with Gasteiger partial charge in [-0.05, 0) is 84.5 Å². The van der Waals surface area contributed by atoms with Crippen LogP contribution in [-0.2, 0) is 10.1 Å². The molecule has 6 heteroatoms. The predicted molar refractivity (Wildman–Crippen MR) is 187 cm³/mol. The van der Waals surface area contributed by atoms with Gasteiger partial charge in [0.25, 0.3) is 10.1 Å². The fourth-order valence-corrected chi connectivity index (χ4v) is 6.70. The van der Waals surface area contributed by atoms with Crippen LogP contribution in [0.2, 0.25) is 0 Å². The van der Waals surface area contributed by atoms with Gasteiger partial charge in [0.15, 0.2) is 0 Å². The Morgan fingerprint density at radius 3 is 2.04 bits per heavy atom. The standard InChI is InChI=1S/C39H40N2O3S/c1-5-25-40(31-15-9-7-10-16-31)33-21-23-35(29(3)27-33)39(37-19-13-14-20-38(37)45(42,43)44)36-24-22-34(28-30(36)4)41(26-6-2)32-17-11-8-12-18-32/h7-24,27-28H,5-6,25-26H2,1-4H3/p+1. The lowest BCUT2D eigenvalue weighted by Gasteiger charge is -2.26. The van der Waals surface area contributed by atoms with Gasteiger partial charge in [-0.25, -0.2) is 0 Å². The summed E-state index contributed by atoms with van der Waals surface area (Å²) in [6, 6.07) is 33.7. The van der Waals surface area contributed by atoms with E-state index in [0.717, 1.165) is 76.6 Å². The number of anilines is 2. The highest BCUT2D eigenvalue weighted by atomic mass is 32.2. The zero-order valence-electron chi connectivity index (χ0n) is 26.4. The normalized spacial score (nSPS) is 15.4. The number of allylic oxidation sites excluding steroid dienone is 5. The summed E-state index contributed by atoms with van der Waals surface area (Å²) in [5.41, 5.74) is 9.42. The molecule has 0 amide bonds. The van der Waals surface area contributed by atoms with Crippen LogP contribution in [0.25, 0.3) is 5.57 Å². The van der Waals surface area contributed by atoms with Gasteiger partial charge in [0.05, 0.1) is 0 Å². The van der Waals surface area contributed by atoms with Gasteiger partial charge in [-0.2, -0.15) is 13.0 Å². The van der Waals surface area contributed by atoms with Crippen LogP contribution in [0.1, 0.15) is 50.3 Å². The average Bonchev–Trinajstić information content (AvgIpc) is 3.04. The Bertz CT molecular complexity index is 1900. The predicted octanol–water partition coefficient (Wildman–Crippen LogP) is 9.30. The summed E-state index contributed by atoms with van der Waals surface area (Å²) in [6.07, 6.45) is 8.31. The molecular formula is C39H41N2O3S+. The molecule has 1 aliphatic carbocycles. The van der Waals surface area contributed by atoms with E-state index in [-0.39, 0.29) is 4.90 Å². The van der Waals surface area contributed by atoms with Crippen molar-refractivity contribution in [2.45, 2.75) is 45.4 Å².